The van der Waals surface area contributed by atoms with Crippen LogP contribution in [0.5, 0.6) is 5.75 Å². The molecule has 3 rings (SSSR count). The van der Waals surface area contributed by atoms with Gasteiger partial charge in [0.25, 0.3) is 0 Å². The van der Waals surface area contributed by atoms with Gasteiger partial charge in [0.2, 0.25) is 0 Å². The molecule has 2 aromatic carbocycles. The maximum Gasteiger partial charge on any atom is 0.151 e. The van der Waals surface area contributed by atoms with Crippen molar-refractivity contribution in [3.05, 3.63) is 63.9 Å². The lowest BCUT2D eigenvalue weighted by Crippen LogP contribution is -2.42. The zero-order valence-electron chi connectivity index (χ0n) is 15.6. The van der Waals surface area contributed by atoms with Crippen molar-refractivity contribution in [3.63, 3.8) is 0 Å². The number of aliphatic hydroxyl groups is 1. The van der Waals surface area contributed by atoms with Crippen LogP contribution in [0.15, 0.2) is 42.5 Å². The van der Waals surface area contributed by atoms with E-state index >= 15 is 0 Å². The Morgan fingerprint density at radius 3 is 2.55 bits per heavy atom. The number of rotatable bonds is 8. The topological polar surface area (TPSA) is 66.8 Å². The van der Waals surface area contributed by atoms with Crippen LogP contribution >= 0.6 is 23.2 Å². The van der Waals surface area contributed by atoms with Crippen LogP contribution < -0.4 is 4.74 Å². The normalized spacial score (nSPS) is 19.4. The first-order chi connectivity index (χ1) is 13.7. The van der Waals surface area contributed by atoms with Gasteiger partial charge in [-0.1, -0.05) is 29.3 Å². The number of hydrogen-bond donors (Lipinski definition) is 1. The average Bonchev–Trinajstić information content (AvgIpc) is 3.03. The van der Waals surface area contributed by atoms with Crippen LogP contribution in [0.4, 0.5) is 4.39 Å². The van der Waals surface area contributed by atoms with E-state index in [9.17, 15) is 17.9 Å². The number of halogens is 3. The van der Waals surface area contributed by atoms with Crippen molar-refractivity contribution < 1.29 is 22.7 Å². The summed E-state index contributed by atoms with van der Waals surface area (Å²) in [4.78, 5) is 1.77. The molecule has 1 saturated heterocycles. The summed E-state index contributed by atoms with van der Waals surface area (Å²) in [7, 11) is -3.14. The average molecular weight is 462 g/mol. The summed E-state index contributed by atoms with van der Waals surface area (Å²) >= 11 is 12.0. The Kier molecular flexibility index (Phi) is 7.40. The molecule has 9 heteroatoms. The summed E-state index contributed by atoms with van der Waals surface area (Å²) in [6.07, 6.45) is -0.473. The highest BCUT2D eigenvalue weighted by Crippen LogP contribution is 2.25. The molecule has 0 aliphatic carbocycles. The molecule has 1 N–H and O–H groups in total. The Morgan fingerprint density at radius 1 is 1.21 bits per heavy atom. The Morgan fingerprint density at radius 2 is 1.93 bits per heavy atom. The molecule has 5 nitrogen and oxygen atoms in total. The third kappa shape index (κ3) is 6.30. The molecule has 0 aromatic heterocycles. The number of aliphatic hydroxyl groups excluding tert-OH is 1. The lowest BCUT2D eigenvalue weighted by molar-refractivity contribution is 0.0520. The van der Waals surface area contributed by atoms with Gasteiger partial charge in [-0.3, -0.25) is 4.90 Å². The SMILES string of the molecule is O=S1(=O)CCC(N(Cc2c(F)cccc2Cl)CC(O)COc2ccc(Cl)cc2)C1. The van der Waals surface area contributed by atoms with Gasteiger partial charge in [-0.15, -0.1) is 0 Å². The third-order valence-corrected chi connectivity index (χ3v) is 7.21. The molecule has 29 heavy (non-hydrogen) atoms. The van der Waals surface area contributed by atoms with Crippen LogP contribution in [0.3, 0.4) is 0 Å². The van der Waals surface area contributed by atoms with Crippen LogP contribution in [-0.4, -0.2) is 55.2 Å². The van der Waals surface area contributed by atoms with Crippen molar-refractivity contribution in [2.75, 3.05) is 24.7 Å². The van der Waals surface area contributed by atoms with Crippen molar-refractivity contribution in [2.24, 2.45) is 0 Å². The van der Waals surface area contributed by atoms with Crippen LogP contribution in [0.2, 0.25) is 10.0 Å². The number of hydrogen-bond acceptors (Lipinski definition) is 5. The summed E-state index contributed by atoms with van der Waals surface area (Å²) in [6.45, 7) is 0.227. The van der Waals surface area contributed by atoms with Crippen LogP contribution in [0.1, 0.15) is 12.0 Å². The lowest BCUT2D eigenvalue weighted by Gasteiger charge is -2.30. The van der Waals surface area contributed by atoms with Crippen molar-refractivity contribution in [1.29, 1.82) is 0 Å². The number of nitrogens with zero attached hydrogens (tertiary/aromatic N) is 1. The van der Waals surface area contributed by atoms with Crippen LogP contribution in [0.25, 0.3) is 0 Å². The lowest BCUT2D eigenvalue weighted by atomic mass is 10.1. The molecule has 1 fully saturated rings. The molecule has 0 amide bonds. The molecular weight excluding hydrogens is 440 g/mol. The highest BCUT2D eigenvalue weighted by Gasteiger charge is 2.33. The molecule has 2 aromatic rings. The molecule has 1 heterocycles. The molecular formula is C20H22Cl2FNO4S. The Labute approximate surface area is 179 Å². The van der Waals surface area contributed by atoms with Gasteiger partial charge in [-0.05, 0) is 42.8 Å². The van der Waals surface area contributed by atoms with Gasteiger partial charge in [0.15, 0.2) is 9.84 Å². The van der Waals surface area contributed by atoms with Gasteiger partial charge in [0.05, 0.1) is 11.5 Å². The Bertz CT molecular complexity index is 920. The van der Waals surface area contributed by atoms with E-state index in [-0.39, 0.29) is 47.8 Å². The first kappa shape index (κ1) is 22.3. The molecule has 0 spiro atoms. The summed E-state index contributed by atoms with van der Waals surface area (Å²) in [5, 5.41) is 11.3. The zero-order chi connectivity index (χ0) is 21.0. The second-order valence-corrected chi connectivity index (χ2v) is 10.2. The van der Waals surface area contributed by atoms with Crippen LogP contribution in [-0.2, 0) is 16.4 Å². The molecule has 0 bridgehead atoms. The second kappa shape index (κ2) is 9.62. The molecule has 1 aliphatic heterocycles. The molecule has 2 atom stereocenters. The monoisotopic (exact) mass is 461 g/mol. The van der Waals surface area contributed by atoms with E-state index < -0.39 is 21.8 Å². The van der Waals surface area contributed by atoms with Crippen molar-refractivity contribution in [2.45, 2.75) is 25.1 Å². The maximum absolute atomic E-state index is 14.3. The molecule has 2 unspecified atom stereocenters. The van der Waals surface area contributed by atoms with Crippen molar-refractivity contribution in [3.8, 4) is 5.75 Å². The summed E-state index contributed by atoms with van der Waals surface area (Å²) in [5.74, 6) is 0.149. The van der Waals surface area contributed by atoms with E-state index in [1.165, 1.54) is 12.1 Å². The van der Waals surface area contributed by atoms with E-state index in [0.717, 1.165) is 0 Å². The molecule has 0 radical (unpaired) electrons. The van der Waals surface area contributed by atoms with Crippen LogP contribution in [0, 0.1) is 5.82 Å². The van der Waals surface area contributed by atoms with Crippen molar-refractivity contribution >= 4 is 33.0 Å². The van der Waals surface area contributed by atoms with Crippen molar-refractivity contribution in [1.82, 2.24) is 4.90 Å². The maximum atomic E-state index is 14.3. The fourth-order valence-corrected chi connectivity index (χ4v) is 5.45. The quantitative estimate of drug-likeness (QED) is 0.650. The fourth-order valence-electron chi connectivity index (χ4n) is 3.34. The Hall–Kier alpha value is -1.38. The number of ether oxygens (including phenoxy) is 1. The highest BCUT2D eigenvalue weighted by molar-refractivity contribution is 7.91. The van der Waals surface area contributed by atoms with Gasteiger partial charge in [-0.2, -0.15) is 0 Å². The van der Waals surface area contributed by atoms with E-state index in [4.69, 9.17) is 27.9 Å². The number of sulfone groups is 1. The zero-order valence-corrected chi connectivity index (χ0v) is 17.9. The highest BCUT2D eigenvalue weighted by atomic mass is 35.5. The van der Waals surface area contributed by atoms with Gasteiger partial charge in [-0.25, -0.2) is 12.8 Å². The van der Waals surface area contributed by atoms with E-state index in [0.29, 0.717) is 17.2 Å². The minimum absolute atomic E-state index is 0.00259. The van der Waals surface area contributed by atoms with E-state index in [1.807, 2.05) is 0 Å². The Balaban J connectivity index is 1.69. The molecule has 0 saturated carbocycles. The summed E-state index contributed by atoms with van der Waals surface area (Å²) < 4.78 is 43.7. The smallest absolute Gasteiger partial charge is 0.151 e. The first-order valence-corrected chi connectivity index (χ1v) is 11.7. The van der Waals surface area contributed by atoms with Gasteiger partial charge in [0.1, 0.15) is 24.3 Å². The first-order valence-electron chi connectivity index (χ1n) is 9.17. The largest absolute Gasteiger partial charge is 0.491 e. The second-order valence-electron chi connectivity index (χ2n) is 7.11. The molecule has 1 aliphatic rings. The van der Waals surface area contributed by atoms with Gasteiger partial charge < -0.3 is 9.84 Å². The fraction of sp³-hybridized carbons (Fsp3) is 0.400. The minimum atomic E-state index is -3.14. The summed E-state index contributed by atoms with van der Waals surface area (Å²) in [5.41, 5.74) is 0.282. The molecule has 158 valence electrons. The van der Waals surface area contributed by atoms with E-state index in [1.54, 1.807) is 35.2 Å². The predicted molar refractivity (Wildman–Crippen MR) is 112 cm³/mol. The van der Waals surface area contributed by atoms with Gasteiger partial charge in [0, 0.05) is 34.7 Å². The standard InChI is InChI=1S/C20H22Cl2FNO4S/c21-14-4-6-17(7-5-14)28-12-16(25)10-24(15-8-9-29(26,27)13-15)11-18-19(22)2-1-3-20(18)23/h1-7,15-16,25H,8-13H2. The predicted octanol–water partition coefficient (Wildman–Crippen LogP) is 3.56. The van der Waals surface area contributed by atoms with Gasteiger partial charge >= 0.3 is 0 Å². The van der Waals surface area contributed by atoms with E-state index in [2.05, 4.69) is 0 Å². The minimum Gasteiger partial charge on any atom is -0.491 e. The summed E-state index contributed by atoms with van der Waals surface area (Å²) in [6, 6.07) is 10.8. The number of benzene rings is 2. The third-order valence-electron chi connectivity index (χ3n) is 4.85.